The van der Waals surface area contributed by atoms with Crippen LogP contribution in [0.4, 0.5) is 23.5 Å². The number of anilines is 4. The lowest BCUT2D eigenvalue weighted by Crippen LogP contribution is -2.31. The van der Waals surface area contributed by atoms with Crippen LogP contribution >= 0.6 is 23.2 Å². The van der Waals surface area contributed by atoms with Crippen LogP contribution in [0.2, 0.25) is 10.0 Å². The van der Waals surface area contributed by atoms with E-state index >= 15 is 0 Å². The van der Waals surface area contributed by atoms with Gasteiger partial charge in [-0.3, -0.25) is 0 Å². The minimum atomic E-state index is 0.330. The molecular weight excluding hydrogens is 521 g/mol. The number of piperidine rings is 1. The Bertz CT molecular complexity index is 1400. The second kappa shape index (κ2) is 12.6. The second-order valence-corrected chi connectivity index (χ2v) is 9.63. The van der Waals surface area contributed by atoms with E-state index in [2.05, 4.69) is 35.7 Å². The SMILES string of the molecule is Clc1ccc(COc2cccc(C=NNc3nc(Nc4ccccc4)nc(N4CCCCC4)n3)c2)c(Cl)c1. The summed E-state index contributed by atoms with van der Waals surface area (Å²) in [6.07, 6.45) is 5.16. The third-order valence-corrected chi connectivity index (χ3v) is 6.53. The van der Waals surface area contributed by atoms with E-state index in [0.717, 1.165) is 42.7 Å². The maximum atomic E-state index is 6.25. The van der Waals surface area contributed by atoms with E-state index < -0.39 is 0 Å². The highest BCUT2D eigenvalue weighted by Crippen LogP contribution is 2.23. The number of benzene rings is 3. The zero-order valence-corrected chi connectivity index (χ0v) is 22.2. The van der Waals surface area contributed by atoms with E-state index in [1.54, 1.807) is 18.3 Å². The molecule has 1 fully saturated rings. The van der Waals surface area contributed by atoms with Crippen molar-refractivity contribution in [3.63, 3.8) is 0 Å². The first-order chi connectivity index (χ1) is 18.6. The summed E-state index contributed by atoms with van der Waals surface area (Å²) in [6, 6.07) is 22.8. The lowest BCUT2D eigenvalue weighted by molar-refractivity contribution is 0.306. The van der Waals surface area contributed by atoms with Gasteiger partial charge in [-0.2, -0.15) is 20.1 Å². The fourth-order valence-electron chi connectivity index (χ4n) is 4.01. The quantitative estimate of drug-likeness (QED) is 0.173. The molecule has 194 valence electrons. The molecule has 0 bridgehead atoms. The summed E-state index contributed by atoms with van der Waals surface area (Å²) in [6.45, 7) is 2.17. The largest absolute Gasteiger partial charge is 0.489 e. The molecule has 0 atom stereocenters. The maximum Gasteiger partial charge on any atom is 0.250 e. The summed E-state index contributed by atoms with van der Waals surface area (Å²) in [5.74, 6) is 2.15. The molecule has 1 aliphatic rings. The molecule has 1 aromatic heterocycles. The number of hydrazone groups is 1. The molecule has 0 amide bonds. The molecule has 0 aliphatic carbocycles. The molecule has 0 radical (unpaired) electrons. The zero-order valence-electron chi connectivity index (χ0n) is 20.6. The Hall–Kier alpha value is -3.88. The molecule has 38 heavy (non-hydrogen) atoms. The molecule has 4 aromatic rings. The Morgan fingerprint density at radius 3 is 2.50 bits per heavy atom. The average Bonchev–Trinajstić information content (AvgIpc) is 2.94. The summed E-state index contributed by atoms with van der Waals surface area (Å²) in [4.78, 5) is 16.0. The fourth-order valence-corrected chi connectivity index (χ4v) is 4.47. The molecule has 0 unspecified atom stereocenters. The Balaban J connectivity index is 1.28. The molecule has 0 saturated carbocycles. The summed E-state index contributed by atoms with van der Waals surface area (Å²) in [5.41, 5.74) is 5.57. The number of nitrogens with zero attached hydrogens (tertiary/aromatic N) is 5. The van der Waals surface area contributed by atoms with E-state index in [1.807, 2.05) is 60.7 Å². The summed E-state index contributed by atoms with van der Waals surface area (Å²) < 4.78 is 5.92. The smallest absolute Gasteiger partial charge is 0.250 e. The molecule has 8 nitrogen and oxygen atoms in total. The summed E-state index contributed by atoms with van der Waals surface area (Å²) in [5, 5.41) is 8.79. The highest BCUT2D eigenvalue weighted by atomic mass is 35.5. The Morgan fingerprint density at radius 2 is 1.68 bits per heavy atom. The van der Waals surface area contributed by atoms with E-state index in [9.17, 15) is 0 Å². The van der Waals surface area contributed by atoms with Gasteiger partial charge in [0.1, 0.15) is 12.4 Å². The van der Waals surface area contributed by atoms with Crippen LogP contribution in [0.3, 0.4) is 0 Å². The Morgan fingerprint density at radius 1 is 0.868 bits per heavy atom. The van der Waals surface area contributed by atoms with Gasteiger partial charge >= 0.3 is 0 Å². The monoisotopic (exact) mass is 547 g/mol. The van der Waals surface area contributed by atoms with E-state index in [0.29, 0.717) is 40.2 Å². The third-order valence-electron chi connectivity index (χ3n) is 5.94. The second-order valence-electron chi connectivity index (χ2n) is 8.79. The van der Waals surface area contributed by atoms with Crippen molar-refractivity contribution in [1.82, 2.24) is 15.0 Å². The first-order valence-electron chi connectivity index (χ1n) is 12.4. The van der Waals surface area contributed by atoms with E-state index in [4.69, 9.17) is 27.9 Å². The summed E-state index contributed by atoms with van der Waals surface area (Å²) >= 11 is 12.2. The molecule has 1 saturated heterocycles. The number of hydrogen-bond acceptors (Lipinski definition) is 8. The summed E-state index contributed by atoms with van der Waals surface area (Å²) in [7, 11) is 0. The molecule has 5 rings (SSSR count). The molecule has 2 heterocycles. The minimum absolute atomic E-state index is 0.330. The third kappa shape index (κ3) is 7.12. The van der Waals surface area contributed by atoms with Crippen molar-refractivity contribution in [1.29, 1.82) is 0 Å². The van der Waals surface area contributed by atoms with Gasteiger partial charge in [-0.1, -0.05) is 59.6 Å². The van der Waals surface area contributed by atoms with Gasteiger partial charge in [-0.25, -0.2) is 5.43 Å². The van der Waals surface area contributed by atoms with Crippen molar-refractivity contribution in [2.24, 2.45) is 5.10 Å². The molecule has 1 aliphatic heterocycles. The topological polar surface area (TPSA) is 87.6 Å². The lowest BCUT2D eigenvalue weighted by atomic mass is 10.1. The molecular formula is C28H27Cl2N7O. The number of rotatable bonds is 9. The minimum Gasteiger partial charge on any atom is -0.489 e. The molecule has 3 aromatic carbocycles. The number of hydrogen-bond donors (Lipinski definition) is 2. The van der Waals surface area contributed by atoms with Gasteiger partial charge in [0.05, 0.1) is 6.21 Å². The highest BCUT2D eigenvalue weighted by Gasteiger charge is 2.16. The van der Waals surface area contributed by atoms with Crippen molar-refractivity contribution < 1.29 is 4.74 Å². The first-order valence-corrected chi connectivity index (χ1v) is 13.2. The lowest BCUT2D eigenvalue weighted by Gasteiger charge is -2.26. The van der Waals surface area contributed by atoms with Gasteiger partial charge < -0.3 is 15.0 Å². The van der Waals surface area contributed by atoms with Crippen LogP contribution in [-0.4, -0.2) is 34.3 Å². The molecule has 10 heteroatoms. The van der Waals surface area contributed by atoms with Gasteiger partial charge in [0.2, 0.25) is 17.8 Å². The maximum absolute atomic E-state index is 6.25. The molecule has 2 N–H and O–H groups in total. The van der Waals surface area contributed by atoms with Crippen molar-refractivity contribution >= 4 is 52.9 Å². The normalized spacial score (nSPS) is 13.5. The van der Waals surface area contributed by atoms with Crippen molar-refractivity contribution in [3.05, 3.63) is 94.0 Å². The molecule has 0 spiro atoms. The van der Waals surface area contributed by atoms with Crippen molar-refractivity contribution in [2.45, 2.75) is 25.9 Å². The zero-order chi connectivity index (χ0) is 26.2. The van der Waals surface area contributed by atoms with Crippen LogP contribution in [0, 0.1) is 0 Å². The Labute approximate surface area is 231 Å². The predicted octanol–water partition coefficient (Wildman–Crippen LogP) is 6.94. The van der Waals surface area contributed by atoms with Crippen LogP contribution in [0.15, 0.2) is 77.9 Å². The number of halogens is 2. The van der Waals surface area contributed by atoms with Gasteiger partial charge in [-0.05, 0) is 61.2 Å². The number of nitrogens with one attached hydrogen (secondary N) is 2. The Kier molecular flexibility index (Phi) is 8.53. The van der Waals surface area contributed by atoms with Gasteiger partial charge in [0.25, 0.3) is 0 Å². The highest BCUT2D eigenvalue weighted by molar-refractivity contribution is 6.35. The van der Waals surface area contributed by atoms with Gasteiger partial charge in [0, 0.05) is 34.4 Å². The van der Waals surface area contributed by atoms with Crippen LogP contribution in [0.25, 0.3) is 0 Å². The van der Waals surface area contributed by atoms with Gasteiger partial charge in [-0.15, -0.1) is 0 Å². The fraction of sp³-hybridized carbons (Fsp3) is 0.214. The van der Waals surface area contributed by atoms with Crippen LogP contribution in [0.1, 0.15) is 30.4 Å². The van der Waals surface area contributed by atoms with Crippen molar-refractivity contribution in [3.8, 4) is 5.75 Å². The van der Waals surface area contributed by atoms with Gasteiger partial charge in [0.15, 0.2) is 0 Å². The predicted molar refractivity (Wildman–Crippen MR) is 154 cm³/mol. The first kappa shape index (κ1) is 25.8. The number of ether oxygens (including phenoxy) is 1. The standard InChI is InChI=1S/C28H27Cl2N7O/c29-22-13-12-21(25(30)17-22)19-38-24-11-7-8-20(16-24)18-31-36-27-33-26(32-23-9-3-1-4-10-23)34-28(35-27)37-14-5-2-6-15-37/h1,3-4,7-13,16-18H,2,5-6,14-15,19H2,(H2,32,33,34,35,36). The van der Waals surface area contributed by atoms with Crippen LogP contribution < -0.4 is 20.4 Å². The van der Waals surface area contributed by atoms with Crippen LogP contribution in [-0.2, 0) is 6.61 Å². The van der Waals surface area contributed by atoms with E-state index in [-0.39, 0.29) is 0 Å². The number of aromatic nitrogens is 3. The van der Waals surface area contributed by atoms with Crippen LogP contribution in [0.5, 0.6) is 5.75 Å². The van der Waals surface area contributed by atoms with Crippen molar-refractivity contribution in [2.75, 3.05) is 28.7 Å². The average molecular weight is 548 g/mol. The number of para-hydroxylation sites is 1. The van der Waals surface area contributed by atoms with E-state index in [1.165, 1.54) is 6.42 Å².